The van der Waals surface area contributed by atoms with E-state index in [9.17, 15) is 0 Å². The summed E-state index contributed by atoms with van der Waals surface area (Å²) < 4.78 is 0. The molecule has 1 rings (SSSR count). The van der Waals surface area contributed by atoms with Crippen LogP contribution in [0.5, 0.6) is 0 Å². The lowest BCUT2D eigenvalue weighted by Crippen LogP contribution is -2.18. The third-order valence-electron chi connectivity index (χ3n) is 2.14. The van der Waals surface area contributed by atoms with Gasteiger partial charge in [-0.25, -0.2) is 0 Å². The first-order valence-corrected chi connectivity index (χ1v) is 4.59. The van der Waals surface area contributed by atoms with E-state index in [1.807, 2.05) is 12.1 Å². The number of likely N-dealkylation sites (N-methyl/N-ethyl adjacent to an activating group) is 1. The molecule has 13 heavy (non-hydrogen) atoms. The summed E-state index contributed by atoms with van der Waals surface area (Å²) in [5, 5.41) is 0. The van der Waals surface area contributed by atoms with Crippen LogP contribution in [-0.2, 0) is 0 Å². The van der Waals surface area contributed by atoms with Crippen molar-refractivity contribution in [3.63, 3.8) is 0 Å². The molecule has 0 spiro atoms. The van der Waals surface area contributed by atoms with E-state index in [-0.39, 0.29) is 0 Å². The summed E-state index contributed by atoms with van der Waals surface area (Å²) in [5.41, 5.74) is 7.80. The number of hydrogen-bond donors (Lipinski definition) is 1. The molecule has 1 unspecified atom stereocenters. The van der Waals surface area contributed by atoms with Crippen LogP contribution in [0.1, 0.15) is 18.4 Å². The Morgan fingerprint density at radius 2 is 1.77 bits per heavy atom. The van der Waals surface area contributed by atoms with E-state index in [1.54, 1.807) is 0 Å². The van der Waals surface area contributed by atoms with Crippen molar-refractivity contribution >= 4 is 5.69 Å². The zero-order valence-electron chi connectivity index (χ0n) is 8.62. The molecule has 1 aromatic rings. The highest BCUT2D eigenvalue weighted by Crippen LogP contribution is 2.16. The molecule has 1 aromatic carbocycles. The van der Waals surface area contributed by atoms with Gasteiger partial charge in [0.25, 0.3) is 0 Å². The molecule has 0 aliphatic heterocycles. The third kappa shape index (κ3) is 3.07. The first-order chi connectivity index (χ1) is 6.09. The summed E-state index contributed by atoms with van der Waals surface area (Å²) in [4.78, 5) is 2.20. The van der Waals surface area contributed by atoms with Gasteiger partial charge in [-0.15, -0.1) is 0 Å². The Morgan fingerprint density at radius 3 is 2.23 bits per heavy atom. The fourth-order valence-corrected chi connectivity index (χ4v) is 1.48. The van der Waals surface area contributed by atoms with Gasteiger partial charge >= 0.3 is 0 Å². The normalized spacial score (nSPS) is 13.2. The largest absolute Gasteiger partial charge is 0.399 e. The van der Waals surface area contributed by atoms with Crippen molar-refractivity contribution in [2.45, 2.75) is 12.8 Å². The second-order valence-electron chi connectivity index (χ2n) is 3.83. The van der Waals surface area contributed by atoms with Crippen molar-refractivity contribution in [2.24, 2.45) is 0 Å². The number of hydrogen-bond acceptors (Lipinski definition) is 2. The van der Waals surface area contributed by atoms with Gasteiger partial charge in [0.2, 0.25) is 0 Å². The Kier molecular flexibility index (Phi) is 3.32. The second-order valence-corrected chi connectivity index (χ2v) is 3.83. The van der Waals surface area contributed by atoms with Crippen LogP contribution in [0.3, 0.4) is 0 Å². The summed E-state index contributed by atoms with van der Waals surface area (Å²) in [6, 6.07) is 8.12. The van der Waals surface area contributed by atoms with Crippen molar-refractivity contribution in [2.75, 3.05) is 26.4 Å². The lowest BCUT2D eigenvalue weighted by molar-refractivity contribution is 0.383. The van der Waals surface area contributed by atoms with E-state index in [0.29, 0.717) is 5.92 Å². The molecule has 0 saturated carbocycles. The quantitative estimate of drug-likeness (QED) is 0.717. The average molecular weight is 178 g/mol. The first kappa shape index (κ1) is 10.1. The van der Waals surface area contributed by atoms with Crippen LogP contribution in [0.15, 0.2) is 24.3 Å². The maximum Gasteiger partial charge on any atom is 0.0314 e. The van der Waals surface area contributed by atoms with Crippen LogP contribution in [0.2, 0.25) is 0 Å². The minimum Gasteiger partial charge on any atom is -0.399 e. The van der Waals surface area contributed by atoms with Crippen molar-refractivity contribution in [1.82, 2.24) is 4.90 Å². The van der Waals surface area contributed by atoms with Crippen LogP contribution < -0.4 is 5.73 Å². The fourth-order valence-electron chi connectivity index (χ4n) is 1.48. The zero-order valence-corrected chi connectivity index (χ0v) is 8.62. The minimum absolute atomic E-state index is 0.565. The predicted octanol–water partition coefficient (Wildman–Crippen LogP) is 1.93. The van der Waals surface area contributed by atoms with Gasteiger partial charge in [0.1, 0.15) is 0 Å². The summed E-state index contributed by atoms with van der Waals surface area (Å²) in [7, 11) is 4.18. The molecule has 1 atom stereocenters. The van der Waals surface area contributed by atoms with E-state index in [1.165, 1.54) is 5.56 Å². The molecule has 0 saturated heterocycles. The van der Waals surface area contributed by atoms with E-state index in [0.717, 1.165) is 12.2 Å². The summed E-state index contributed by atoms with van der Waals surface area (Å²) in [5.74, 6) is 0.565. The van der Waals surface area contributed by atoms with E-state index >= 15 is 0 Å². The zero-order chi connectivity index (χ0) is 9.84. The highest BCUT2D eigenvalue weighted by Gasteiger charge is 2.05. The second kappa shape index (κ2) is 4.28. The van der Waals surface area contributed by atoms with Gasteiger partial charge in [-0.2, -0.15) is 0 Å². The van der Waals surface area contributed by atoms with Gasteiger partial charge in [0.15, 0.2) is 0 Å². The topological polar surface area (TPSA) is 29.3 Å². The number of nitrogens with two attached hydrogens (primary N) is 1. The van der Waals surface area contributed by atoms with Crippen LogP contribution >= 0.6 is 0 Å². The van der Waals surface area contributed by atoms with E-state index in [4.69, 9.17) is 5.73 Å². The number of nitrogens with zero attached hydrogens (tertiary/aromatic N) is 1. The lowest BCUT2D eigenvalue weighted by Gasteiger charge is -2.17. The molecule has 2 nitrogen and oxygen atoms in total. The Bertz CT molecular complexity index is 251. The number of anilines is 1. The Morgan fingerprint density at radius 1 is 1.23 bits per heavy atom. The number of rotatable bonds is 3. The third-order valence-corrected chi connectivity index (χ3v) is 2.14. The smallest absolute Gasteiger partial charge is 0.0314 e. The molecule has 0 radical (unpaired) electrons. The molecule has 0 amide bonds. The molecular weight excluding hydrogens is 160 g/mol. The molecule has 0 heterocycles. The van der Waals surface area contributed by atoms with Crippen LogP contribution in [0.25, 0.3) is 0 Å². The molecule has 72 valence electrons. The molecule has 2 N–H and O–H groups in total. The van der Waals surface area contributed by atoms with Gasteiger partial charge in [-0.3, -0.25) is 0 Å². The predicted molar refractivity (Wildman–Crippen MR) is 57.8 cm³/mol. The van der Waals surface area contributed by atoms with E-state index in [2.05, 4.69) is 38.1 Å². The SMILES string of the molecule is CC(CN(C)C)c1ccc(N)cc1. The summed E-state index contributed by atoms with van der Waals surface area (Å²) >= 11 is 0. The van der Waals surface area contributed by atoms with Crippen LogP contribution in [-0.4, -0.2) is 25.5 Å². The van der Waals surface area contributed by atoms with Gasteiger partial charge < -0.3 is 10.6 Å². The van der Waals surface area contributed by atoms with E-state index < -0.39 is 0 Å². The van der Waals surface area contributed by atoms with Gasteiger partial charge in [-0.1, -0.05) is 19.1 Å². The van der Waals surface area contributed by atoms with Gasteiger partial charge in [0, 0.05) is 12.2 Å². The summed E-state index contributed by atoms with van der Waals surface area (Å²) in [6.45, 7) is 3.30. The van der Waals surface area contributed by atoms with Crippen LogP contribution in [0, 0.1) is 0 Å². The summed E-state index contributed by atoms with van der Waals surface area (Å²) in [6.07, 6.45) is 0. The maximum atomic E-state index is 5.62. The molecule has 0 aromatic heterocycles. The minimum atomic E-state index is 0.565. The van der Waals surface area contributed by atoms with Crippen molar-refractivity contribution in [3.8, 4) is 0 Å². The fraction of sp³-hybridized carbons (Fsp3) is 0.455. The first-order valence-electron chi connectivity index (χ1n) is 4.59. The van der Waals surface area contributed by atoms with Crippen LogP contribution in [0.4, 0.5) is 5.69 Å². The Balaban J connectivity index is 2.66. The molecule has 2 heteroatoms. The van der Waals surface area contributed by atoms with Gasteiger partial charge in [0.05, 0.1) is 0 Å². The Hall–Kier alpha value is -1.02. The monoisotopic (exact) mass is 178 g/mol. The lowest BCUT2D eigenvalue weighted by atomic mass is 10.0. The molecule has 0 aliphatic carbocycles. The highest BCUT2D eigenvalue weighted by molar-refractivity contribution is 5.40. The maximum absolute atomic E-state index is 5.62. The van der Waals surface area contributed by atoms with Crippen molar-refractivity contribution in [3.05, 3.63) is 29.8 Å². The molecule has 0 fully saturated rings. The average Bonchev–Trinajstić information content (AvgIpc) is 2.04. The molecule has 0 bridgehead atoms. The highest BCUT2D eigenvalue weighted by atomic mass is 15.1. The van der Waals surface area contributed by atoms with Crippen molar-refractivity contribution in [1.29, 1.82) is 0 Å². The molecular formula is C11H18N2. The Labute approximate surface area is 80.4 Å². The standard InChI is InChI=1S/C11H18N2/c1-9(8-13(2)3)10-4-6-11(12)7-5-10/h4-7,9H,8,12H2,1-3H3. The van der Waals surface area contributed by atoms with Crippen molar-refractivity contribution < 1.29 is 0 Å². The van der Waals surface area contributed by atoms with Gasteiger partial charge in [-0.05, 0) is 37.7 Å². The molecule has 0 aliphatic rings. The number of nitrogen functional groups attached to an aromatic ring is 1. The number of benzene rings is 1.